The van der Waals surface area contributed by atoms with Gasteiger partial charge in [0, 0.05) is 6.54 Å². The topological polar surface area (TPSA) is 105 Å². The molecule has 0 aromatic heterocycles. The summed E-state index contributed by atoms with van der Waals surface area (Å²) in [5, 5.41) is 20.8. The normalized spacial score (nSPS) is 10.6. The molecule has 0 aliphatic heterocycles. The summed E-state index contributed by atoms with van der Waals surface area (Å²) in [5.74, 6) is 0.0490. The van der Waals surface area contributed by atoms with E-state index in [0.717, 1.165) is 5.56 Å². The molecule has 1 aromatic rings. The first kappa shape index (κ1) is 14.4. The molecule has 0 unspecified atom stereocenters. The molecule has 1 aromatic carbocycles. The van der Waals surface area contributed by atoms with Crippen molar-refractivity contribution in [1.29, 1.82) is 0 Å². The number of aliphatic hydroxyl groups is 2. The second-order valence-electron chi connectivity index (χ2n) is 3.84. The number of nitrogens with two attached hydrogens (primary N) is 1. The van der Waals surface area contributed by atoms with Crippen LogP contribution in [0.3, 0.4) is 0 Å². The smallest absolute Gasteiger partial charge is 0.255 e. The van der Waals surface area contributed by atoms with Crippen molar-refractivity contribution in [2.24, 2.45) is 5.73 Å². The highest BCUT2D eigenvalue weighted by Crippen LogP contribution is 2.11. The Morgan fingerprint density at radius 2 is 1.89 bits per heavy atom. The molecule has 0 bridgehead atoms. The Kier molecular flexibility index (Phi) is 6.13. The highest BCUT2D eigenvalue weighted by molar-refractivity contribution is 5.75. The fraction of sp³-hybridized carbons (Fsp3) is 0.417. The number of rotatable bonds is 8. The third-order valence-electron chi connectivity index (χ3n) is 2.34. The molecular weight excluding hydrogens is 236 g/mol. The molecule has 0 fully saturated rings. The zero-order chi connectivity index (χ0) is 13.4. The Labute approximate surface area is 105 Å². The number of benzene rings is 1. The van der Waals surface area contributed by atoms with Crippen molar-refractivity contribution in [1.82, 2.24) is 5.32 Å². The standard InChI is InChI=1S/C12H18N2O4/c13-12(17)8-18-11-3-1-9(2-4-11)5-14-10(6-15)7-16/h1-4,10,14-16H,5-8H2,(H2,13,17). The van der Waals surface area contributed by atoms with Gasteiger partial charge in [0.15, 0.2) is 6.61 Å². The van der Waals surface area contributed by atoms with E-state index in [0.29, 0.717) is 12.3 Å². The molecule has 6 heteroatoms. The van der Waals surface area contributed by atoms with Crippen molar-refractivity contribution in [3.63, 3.8) is 0 Å². The lowest BCUT2D eigenvalue weighted by Crippen LogP contribution is -2.35. The lowest BCUT2D eigenvalue weighted by Gasteiger charge is -2.13. The quantitative estimate of drug-likeness (QED) is 0.476. The number of aliphatic hydroxyl groups excluding tert-OH is 2. The molecule has 0 aliphatic rings. The predicted molar refractivity (Wildman–Crippen MR) is 65.9 cm³/mol. The van der Waals surface area contributed by atoms with E-state index in [-0.39, 0.29) is 25.9 Å². The van der Waals surface area contributed by atoms with Gasteiger partial charge in [0.05, 0.1) is 19.3 Å². The molecule has 0 heterocycles. The van der Waals surface area contributed by atoms with Crippen LogP contribution < -0.4 is 15.8 Å². The zero-order valence-corrected chi connectivity index (χ0v) is 10.0. The van der Waals surface area contributed by atoms with E-state index in [1.54, 1.807) is 12.1 Å². The van der Waals surface area contributed by atoms with Gasteiger partial charge in [-0.3, -0.25) is 4.79 Å². The minimum Gasteiger partial charge on any atom is -0.484 e. The molecule has 0 radical (unpaired) electrons. The van der Waals surface area contributed by atoms with Crippen LogP contribution in [0.1, 0.15) is 5.56 Å². The number of nitrogens with one attached hydrogen (secondary N) is 1. The highest BCUT2D eigenvalue weighted by atomic mass is 16.5. The maximum Gasteiger partial charge on any atom is 0.255 e. The second-order valence-corrected chi connectivity index (χ2v) is 3.84. The Balaban J connectivity index is 2.42. The van der Waals surface area contributed by atoms with Gasteiger partial charge in [-0.2, -0.15) is 0 Å². The van der Waals surface area contributed by atoms with Gasteiger partial charge in [-0.25, -0.2) is 0 Å². The fourth-order valence-corrected chi connectivity index (χ4v) is 1.31. The van der Waals surface area contributed by atoms with Crippen molar-refractivity contribution in [3.8, 4) is 5.75 Å². The van der Waals surface area contributed by atoms with Crippen molar-refractivity contribution >= 4 is 5.91 Å². The molecule has 0 saturated heterocycles. The van der Waals surface area contributed by atoms with E-state index in [1.165, 1.54) is 0 Å². The van der Waals surface area contributed by atoms with Crippen LogP contribution in [0.25, 0.3) is 0 Å². The number of carbonyl (C=O) groups excluding carboxylic acids is 1. The first-order valence-electron chi connectivity index (χ1n) is 5.61. The molecule has 5 N–H and O–H groups in total. The molecule has 0 atom stereocenters. The third kappa shape index (κ3) is 5.13. The van der Waals surface area contributed by atoms with Crippen LogP contribution in [0.4, 0.5) is 0 Å². The van der Waals surface area contributed by atoms with Gasteiger partial charge in [-0.1, -0.05) is 12.1 Å². The van der Waals surface area contributed by atoms with E-state index in [9.17, 15) is 4.79 Å². The van der Waals surface area contributed by atoms with Gasteiger partial charge >= 0.3 is 0 Å². The molecule has 18 heavy (non-hydrogen) atoms. The second kappa shape index (κ2) is 7.65. The van der Waals surface area contributed by atoms with Crippen molar-refractivity contribution < 1.29 is 19.7 Å². The number of ether oxygens (including phenoxy) is 1. The predicted octanol–water partition coefficient (Wildman–Crippen LogP) is -1.01. The van der Waals surface area contributed by atoms with Crippen LogP contribution in [-0.4, -0.2) is 42.0 Å². The summed E-state index contributed by atoms with van der Waals surface area (Å²) in [7, 11) is 0. The van der Waals surface area contributed by atoms with E-state index in [4.69, 9.17) is 20.7 Å². The average molecular weight is 254 g/mol. The largest absolute Gasteiger partial charge is 0.484 e. The van der Waals surface area contributed by atoms with Crippen molar-refractivity contribution in [3.05, 3.63) is 29.8 Å². The van der Waals surface area contributed by atoms with Crippen LogP contribution in [0, 0.1) is 0 Å². The number of hydrogen-bond acceptors (Lipinski definition) is 5. The van der Waals surface area contributed by atoms with Crippen LogP contribution in [-0.2, 0) is 11.3 Å². The maximum atomic E-state index is 10.5. The molecule has 0 spiro atoms. The Bertz CT molecular complexity index is 363. The molecule has 1 amide bonds. The first-order chi connectivity index (χ1) is 8.65. The summed E-state index contributed by atoms with van der Waals surface area (Å²) in [6.07, 6.45) is 0. The maximum absolute atomic E-state index is 10.5. The van der Waals surface area contributed by atoms with Crippen LogP contribution in [0.15, 0.2) is 24.3 Å². The first-order valence-corrected chi connectivity index (χ1v) is 5.61. The van der Waals surface area contributed by atoms with E-state index < -0.39 is 5.91 Å². The minimum absolute atomic E-state index is 0.115. The van der Waals surface area contributed by atoms with Crippen LogP contribution >= 0.6 is 0 Å². The van der Waals surface area contributed by atoms with Gasteiger partial charge < -0.3 is 26.0 Å². The molecule has 1 rings (SSSR count). The van der Waals surface area contributed by atoms with Crippen LogP contribution in [0.2, 0.25) is 0 Å². The summed E-state index contributed by atoms with van der Waals surface area (Å²) in [6.45, 7) is 0.156. The molecule has 100 valence electrons. The van der Waals surface area contributed by atoms with Gasteiger partial charge in [-0.05, 0) is 17.7 Å². The Morgan fingerprint density at radius 3 is 2.39 bits per heavy atom. The summed E-state index contributed by atoms with van der Waals surface area (Å²) >= 11 is 0. The van der Waals surface area contributed by atoms with Crippen molar-refractivity contribution in [2.45, 2.75) is 12.6 Å². The van der Waals surface area contributed by atoms with E-state index >= 15 is 0 Å². The summed E-state index contributed by atoms with van der Waals surface area (Å²) < 4.78 is 5.12. The van der Waals surface area contributed by atoms with E-state index in [2.05, 4.69) is 5.32 Å². The number of carbonyl (C=O) groups is 1. The van der Waals surface area contributed by atoms with Crippen molar-refractivity contribution in [2.75, 3.05) is 19.8 Å². The lowest BCUT2D eigenvalue weighted by molar-refractivity contribution is -0.119. The van der Waals surface area contributed by atoms with Gasteiger partial charge in [0.25, 0.3) is 5.91 Å². The zero-order valence-electron chi connectivity index (χ0n) is 10.0. The molecular formula is C12H18N2O4. The third-order valence-corrected chi connectivity index (χ3v) is 2.34. The SMILES string of the molecule is NC(=O)COc1ccc(CNC(CO)CO)cc1. The number of amides is 1. The lowest BCUT2D eigenvalue weighted by atomic mass is 10.2. The Hall–Kier alpha value is -1.63. The minimum atomic E-state index is -0.519. The van der Waals surface area contributed by atoms with Gasteiger partial charge in [0.1, 0.15) is 5.75 Å². The molecule has 0 aliphatic carbocycles. The van der Waals surface area contributed by atoms with Gasteiger partial charge in [0.2, 0.25) is 0 Å². The summed E-state index contributed by atoms with van der Waals surface area (Å²) in [4.78, 5) is 10.5. The molecule has 0 saturated carbocycles. The number of primary amides is 1. The van der Waals surface area contributed by atoms with E-state index in [1.807, 2.05) is 12.1 Å². The fourth-order valence-electron chi connectivity index (χ4n) is 1.31. The highest BCUT2D eigenvalue weighted by Gasteiger charge is 2.04. The van der Waals surface area contributed by atoms with Gasteiger partial charge in [-0.15, -0.1) is 0 Å². The number of hydrogen-bond donors (Lipinski definition) is 4. The summed E-state index contributed by atoms with van der Waals surface area (Å²) in [5.41, 5.74) is 5.94. The molecule has 6 nitrogen and oxygen atoms in total. The van der Waals surface area contributed by atoms with Crippen LogP contribution in [0.5, 0.6) is 5.75 Å². The monoisotopic (exact) mass is 254 g/mol. The Morgan fingerprint density at radius 1 is 1.28 bits per heavy atom. The average Bonchev–Trinajstić information content (AvgIpc) is 2.39. The summed E-state index contributed by atoms with van der Waals surface area (Å²) in [6, 6.07) is 6.79.